The van der Waals surface area contributed by atoms with E-state index in [2.05, 4.69) is 5.32 Å². The fourth-order valence-electron chi connectivity index (χ4n) is 2.61. The van der Waals surface area contributed by atoms with Crippen molar-refractivity contribution < 1.29 is 9.90 Å². The molecule has 2 unspecified atom stereocenters. The molecule has 0 radical (unpaired) electrons. The monoisotopic (exact) mass is 279 g/mol. The van der Waals surface area contributed by atoms with Gasteiger partial charge in [-0.25, -0.2) is 0 Å². The molecule has 104 valence electrons. The van der Waals surface area contributed by atoms with Crippen LogP contribution in [-0.4, -0.2) is 35.2 Å². The molecule has 2 rings (SSSR count). The van der Waals surface area contributed by atoms with Crippen LogP contribution < -0.4 is 5.32 Å². The largest absolute Gasteiger partial charge is 0.392 e. The first-order chi connectivity index (χ1) is 9.22. The van der Waals surface area contributed by atoms with Gasteiger partial charge in [0.05, 0.1) is 6.10 Å². The molecule has 0 aliphatic heterocycles. The molecule has 1 aliphatic rings. The average molecular weight is 279 g/mol. The molecule has 2 N–H and O–H groups in total. The van der Waals surface area contributed by atoms with Gasteiger partial charge in [0, 0.05) is 10.8 Å². The molecule has 1 fully saturated rings. The summed E-state index contributed by atoms with van der Waals surface area (Å²) in [6.07, 6.45) is 2.50. The lowest BCUT2D eigenvalue weighted by molar-refractivity contribution is 0.108. The molecule has 0 amide bonds. The first-order valence-electron chi connectivity index (χ1n) is 6.81. The third-order valence-corrected chi connectivity index (χ3v) is 5.12. The van der Waals surface area contributed by atoms with Crippen molar-refractivity contribution in [3.63, 3.8) is 0 Å². The Labute approximate surface area is 118 Å². The van der Waals surface area contributed by atoms with Crippen molar-refractivity contribution in [2.75, 3.05) is 13.6 Å². The number of thioether (sulfide) groups is 1. The second-order valence-corrected chi connectivity index (χ2v) is 6.18. The van der Waals surface area contributed by atoms with Crippen molar-refractivity contribution >= 4 is 16.9 Å². The minimum atomic E-state index is -0.348. The number of benzene rings is 1. The summed E-state index contributed by atoms with van der Waals surface area (Å²) in [6, 6.07) is 9.31. The molecule has 3 nitrogen and oxygen atoms in total. The summed E-state index contributed by atoms with van der Waals surface area (Å²) in [5.74, 6) is 0.431. The number of aliphatic hydroxyl groups excluding tert-OH is 1. The van der Waals surface area contributed by atoms with E-state index in [0.717, 1.165) is 31.4 Å². The van der Waals surface area contributed by atoms with E-state index in [1.54, 1.807) is 0 Å². The van der Waals surface area contributed by atoms with Crippen LogP contribution in [0, 0.1) is 5.92 Å². The van der Waals surface area contributed by atoms with Crippen LogP contribution in [0.15, 0.2) is 30.3 Å². The number of carbonyl (C=O) groups is 1. The number of nitrogens with one attached hydrogen (secondary N) is 1. The lowest BCUT2D eigenvalue weighted by atomic mass is 10.0. The molecule has 3 atom stereocenters. The normalized spacial score (nSPS) is 26.5. The Kier molecular flexibility index (Phi) is 5.43. The second-order valence-electron chi connectivity index (χ2n) is 5.03. The highest BCUT2D eigenvalue weighted by atomic mass is 32.2. The van der Waals surface area contributed by atoms with Gasteiger partial charge in [0.2, 0.25) is 5.12 Å². The van der Waals surface area contributed by atoms with Gasteiger partial charge < -0.3 is 10.4 Å². The van der Waals surface area contributed by atoms with E-state index in [4.69, 9.17) is 0 Å². The smallest absolute Gasteiger partial charge is 0.219 e. The molecule has 0 spiro atoms. The van der Waals surface area contributed by atoms with Gasteiger partial charge in [-0.3, -0.25) is 4.79 Å². The van der Waals surface area contributed by atoms with Gasteiger partial charge in [0.15, 0.2) is 0 Å². The zero-order valence-corrected chi connectivity index (χ0v) is 12.0. The zero-order chi connectivity index (χ0) is 13.7. The highest BCUT2D eigenvalue weighted by molar-refractivity contribution is 8.14. The van der Waals surface area contributed by atoms with Crippen LogP contribution in [0.5, 0.6) is 0 Å². The van der Waals surface area contributed by atoms with Gasteiger partial charge in [-0.15, -0.1) is 0 Å². The number of aliphatic hydroxyl groups is 1. The van der Waals surface area contributed by atoms with Gasteiger partial charge in [-0.1, -0.05) is 42.1 Å². The SMILES string of the molecule is CNCCC1CCC(O)[C@@H]1SC(=O)c1ccccc1. The van der Waals surface area contributed by atoms with E-state index >= 15 is 0 Å². The van der Waals surface area contributed by atoms with Crippen LogP contribution in [-0.2, 0) is 0 Å². The molecule has 0 saturated heterocycles. The van der Waals surface area contributed by atoms with E-state index in [1.165, 1.54) is 11.8 Å². The first-order valence-corrected chi connectivity index (χ1v) is 7.69. The maximum absolute atomic E-state index is 12.2. The molecule has 0 heterocycles. The molecular weight excluding hydrogens is 258 g/mol. The van der Waals surface area contributed by atoms with Crippen molar-refractivity contribution in [3.8, 4) is 0 Å². The first kappa shape index (κ1) is 14.6. The summed E-state index contributed by atoms with van der Waals surface area (Å²) in [5, 5.41) is 13.3. The standard InChI is InChI=1S/C15H21NO2S/c1-16-10-9-11-7-8-13(17)14(11)19-15(18)12-5-3-2-4-6-12/h2-6,11,13-14,16-17H,7-10H2,1H3/t11?,13?,14-/m1/s1. The van der Waals surface area contributed by atoms with Crippen LogP contribution in [0.3, 0.4) is 0 Å². The van der Waals surface area contributed by atoms with Gasteiger partial charge in [0.25, 0.3) is 0 Å². The van der Waals surface area contributed by atoms with Crippen LogP contribution in [0.25, 0.3) is 0 Å². The molecule has 1 aromatic rings. The van der Waals surface area contributed by atoms with E-state index in [9.17, 15) is 9.90 Å². The zero-order valence-electron chi connectivity index (χ0n) is 11.2. The summed E-state index contributed by atoms with van der Waals surface area (Å²) in [7, 11) is 1.93. The molecule has 1 aromatic carbocycles. The third-order valence-electron chi connectivity index (χ3n) is 3.69. The van der Waals surface area contributed by atoms with E-state index in [1.807, 2.05) is 37.4 Å². The predicted molar refractivity (Wildman–Crippen MR) is 79.4 cm³/mol. The van der Waals surface area contributed by atoms with Crippen molar-refractivity contribution in [1.82, 2.24) is 5.32 Å². The van der Waals surface area contributed by atoms with E-state index in [-0.39, 0.29) is 16.5 Å². The topological polar surface area (TPSA) is 49.3 Å². The summed E-state index contributed by atoms with van der Waals surface area (Å²) in [6.45, 7) is 0.938. The number of carbonyl (C=O) groups excluding carboxylic acids is 1. The fourth-order valence-corrected chi connectivity index (χ4v) is 3.88. The minimum Gasteiger partial charge on any atom is -0.392 e. The summed E-state index contributed by atoms with van der Waals surface area (Å²) in [4.78, 5) is 12.2. The number of rotatable bonds is 5. The van der Waals surface area contributed by atoms with Gasteiger partial charge in [0.1, 0.15) is 0 Å². The highest BCUT2D eigenvalue weighted by Crippen LogP contribution is 2.38. The van der Waals surface area contributed by atoms with E-state index < -0.39 is 0 Å². The van der Waals surface area contributed by atoms with Crippen molar-refractivity contribution in [2.45, 2.75) is 30.6 Å². The van der Waals surface area contributed by atoms with Crippen LogP contribution in [0.4, 0.5) is 0 Å². The van der Waals surface area contributed by atoms with Crippen molar-refractivity contribution in [1.29, 1.82) is 0 Å². The second kappa shape index (κ2) is 7.08. The Hall–Kier alpha value is -0.840. The fraction of sp³-hybridized carbons (Fsp3) is 0.533. The Balaban J connectivity index is 1.97. The summed E-state index contributed by atoms with van der Waals surface area (Å²) in [5.41, 5.74) is 0.721. The Bertz CT molecular complexity index is 410. The molecule has 19 heavy (non-hydrogen) atoms. The van der Waals surface area contributed by atoms with Crippen LogP contribution in [0.1, 0.15) is 29.6 Å². The molecule has 0 aromatic heterocycles. The Morgan fingerprint density at radius 1 is 1.37 bits per heavy atom. The Morgan fingerprint density at radius 2 is 2.11 bits per heavy atom. The van der Waals surface area contributed by atoms with Crippen molar-refractivity contribution in [3.05, 3.63) is 35.9 Å². The summed E-state index contributed by atoms with van der Waals surface area (Å²) >= 11 is 1.31. The molecular formula is C15H21NO2S. The average Bonchev–Trinajstić information content (AvgIpc) is 2.78. The van der Waals surface area contributed by atoms with Crippen LogP contribution >= 0.6 is 11.8 Å². The third kappa shape index (κ3) is 3.81. The van der Waals surface area contributed by atoms with Gasteiger partial charge in [-0.2, -0.15) is 0 Å². The predicted octanol–water partition coefficient (Wildman–Crippen LogP) is 2.31. The van der Waals surface area contributed by atoms with Gasteiger partial charge in [-0.05, 0) is 38.8 Å². The number of hydrogen-bond donors (Lipinski definition) is 2. The lowest BCUT2D eigenvalue weighted by Gasteiger charge is -2.20. The maximum Gasteiger partial charge on any atom is 0.219 e. The van der Waals surface area contributed by atoms with Crippen LogP contribution in [0.2, 0.25) is 0 Å². The highest BCUT2D eigenvalue weighted by Gasteiger charge is 2.36. The quantitative estimate of drug-likeness (QED) is 0.868. The van der Waals surface area contributed by atoms with Crippen molar-refractivity contribution in [2.24, 2.45) is 5.92 Å². The molecule has 0 bridgehead atoms. The summed E-state index contributed by atoms with van der Waals surface area (Å²) < 4.78 is 0. The molecule has 1 aliphatic carbocycles. The molecule has 1 saturated carbocycles. The van der Waals surface area contributed by atoms with E-state index in [0.29, 0.717) is 5.92 Å². The minimum absolute atomic E-state index is 0.0426. The molecule has 4 heteroatoms. The lowest BCUT2D eigenvalue weighted by Crippen LogP contribution is -2.26. The van der Waals surface area contributed by atoms with Gasteiger partial charge >= 0.3 is 0 Å². The number of hydrogen-bond acceptors (Lipinski definition) is 4. The Morgan fingerprint density at radius 3 is 2.79 bits per heavy atom. The maximum atomic E-state index is 12.2.